The smallest absolute Gasteiger partial charge is 0.303 e. The second-order valence-corrected chi connectivity index (χ2v) is 5.79. The van der Waals surface area contributed by atoms with Crippen LogP contribution in [0, 0.1) is 11.3 Å². The molecule has 0 aliphatic rings. The number of aliphatic carboxylic acids is 1. The standard InChI is InChI=1S/C20H24N2O5/c1-2-3-7-18(23)17(14-21)20(26)22-15-9-11-16(12-10-15)27-13-6-4-5-8-19(24)25/h2,9-12,23H,1,3-8,13H2,(H,22,26)(H,24,25)/b18-17-. The molecule has 0 saturated heterocycles. The minimum Gasteiger partial charge on any atom is -0.511 e. The van der Waals surface area contributed by atoms with Crippen molar-refractivity contribution in [3.63, 3.8) is 0 Å². The summed E-state index contributed by atoms with van der Waals surface area (Å²) in [5.41, 5.74) is 0.150. The number of amides is 1. The number of unbranched alkanes of at least 4 members (excludes halogenated alkanes) is 2. The maximum atomic E-state index is 12.1. The number of nitrogens with one attached hydrogen (secondary N) is 1. The third-order valence-electron chi connectivity index (χ3n) is 3.63. The van der Waals surface area contributed by atoms with Crippen LogP contribution in [0.1, 0.15) is 38.5 Å². The van der Waals surface area contributed by atoms with Crippen LogP contribution in [0.25, 0.3) is 0 Å². The van der Waals surface area contributed by atoms with Crippen molar-refractivity contribution in [2.24, 2.45) is 0 Å². The Balaban J connectivity index is 2.49. The molecule has 1 aromatic carbocycles. The van der Waals surface area contributed by atoms with Crippen LogP contribution in [0.15, 0.2) is 48.3 Å². The van der Waals surface area contributed by atoms with Crippen molar-refractivity contribution in [2.45, 2.75) is 38.5 Å². The van der Waals surface area contributed by atoms with Crippen molar-refractivity contribution in [2.75, 3.05) is 11.9 Å². The first kappa shape index (κ1) is 21.8. The lowest BCUT2D eigenvalue weighted by molar-refractivity contribution is -0.137. The maximum Gasteiger partial charge on any atom is 0.303 e. The highest BCUT2D eigenvalue weighted by Crippen LogP contribution is 2.18. The van der Waals surface area contributed by atoms with Crippen LogP contribution < -0.4 is 10.1 Å². The van der Waals surface area contributed by atoms with Gasteiger partial charge in [-0.25, -0.2) is 0 Å². The number of aliphatic hydroxyl groups excluding tert-OH is 1. The number of ether oxygens (including phenoxy) is 1. The van der Waals surface area contributed by atoms with Crippen molar-refractivity contribution in [3.05, 3.63) is 48.3 Å². The molecule has 0 aromatic heterocycles. The van der Waals surface area contributed by atoms with Gasteiger partial charge in [0.25, 0.3) is 5.91 Å². The van der Waals surface area contributed by atoms with Gasteiger partial charge in [-0.15, -0.1) is 6.58 Å². The van der Waals surface area contributed by atoms with Gasteiger partial charge in [-0.05, 0) is 49.9 Å². The summed E-state index contributed by atoms with van der Waals surface area (Å²) in [6.07, 6.45) is 4.56. The second-order valence-electron chi connectivity index (χ2n) is 5.79. The summed E-state index contributed by atoms with van der Waals surface area (Å²) in [4.78, 5) is 22.5. The zero-order chi connectivity index (χ0) is 20.1. The minimum atomic E-state index is -0.794. The SMILES string of the molecule is C=CCC/C(O)=C(\C#N)C(=O)Nc1ccc(OCCCCCC(=O)O)cc1. The van der Waals surface area contributed by atoms with Gasteiger partial charge in [0.1, 0.15) is 17.6 Å². The van der Waals surface area contributed by atoms with Gasteiger partial charge in [0.15, 0.2) is 5.57 Å². The zero-order valence-electron chi connectivity index (χ0n) is 15.1. The molecular weight excluding hydrogens is 348 g/mol. The number of carboxylic acids is 1. The Labute approximate surface area is 158 Å². The largest absolute Gasteiger partial charge is 0.511 e. The summed E-state index contributed by atoms with van der Waals surface area (Å²) in [7, 11) is 0. The molecule has 0 radical (unpaired) electrons. The molecule has 0 bridgehead atoms. The van der Waals surface area contributed by atoms with Crippen LogP contribution in [0.3, 0.4) is 0 Å². The quantitative estimate of drug-likeness (QED) is 0.168. The number of aliphatic hydroxyl groups is 1. The molecule has 7 nitrogen and oxygen atoms in total. The first-order valence-electron chi connectivity index (χ1n) is 8.67. The highest BCUT2D eigenvalue weighted by Gasteiger charge is 2.15. The van der Waals surface area contributed by atoms with Crippen LogP contribution in [0.4, 0.5) is 5.69 Å². The molecular formula is C20H24N2O5. The minimum absolute atomic E-state index is 0.163. The Morgan fingerprint density at radius 2 is 1.85 bits per heavy atom. The molecule has 144 valence electrons. The number of hydrogen-bond acceptors (Lipinski definition) is 5. The summed E-state index contributed by atoms with van der Waals surface area (Å²) in [6.45, 7) is 4.00. The molecule has 7 heteroatoms. The molecule has 0 heterocycles. The number of nitrogens with zero attached hydrogens (tertiary/aromatic N) is 1. The monoisotopic (exact) mass is 372 g/mol. The molecule has 0 saturated carbocycles. The molecule has 27 heavy (non-hydrogen) atoms. The fourth-order valence-corrected chi connectivity index (χ4v) is 2.18. The topological polar surface area (TPSA) is 120 Å². The first-order chi connectivity index (χ1) is 13.0. The first-order valence-corrected chi connectivity index (χ1v) is 8.67. The van der Waals surface area contributed by atoms with Gasteiger partial charge in [0.2, 0.25) is 0 Å². The van der Waals surface area contributed by atoms with Crippen LogP contribution in [-0.4, -0.2) is 28.7 Å². The Hall–Kier alpha value is -3.27. The summed E-state index contributed by atoms with van der Waals surface area (Å²) in [5.74, 6) is -1.11. The molecule has 1 aromatic rings. The predicted molar refractivity (Wildman–Crippen MR) is 101 cm³/mol. The number of rotatable bonds is 12. The molecule has 0 fully saturated rings. The van der Waals surface area contributed by atoms with Gasteiger partial charge < -0.3 is 20.3 Å². The molecule has 0 aliphatic carbocycles. The van der Waals surface area contributed by atoms with Crippen LogP contribution in [0.5, 0.6) is 5.75 Å². The Morgan fingerprint density at radius 1 is 1.15 bits per heavy atom. The fourth-order valence-electron chi connectivity index (χ4n) is 2.18. The summed E-state index contributed by atoms with van der Waals surface area (Å²) >= 11 is 0. The van der Waals surface area contributed by atoms with E-state index in [4.69, 9.17) is 15.1 Å². The van der Waals surface area contributed by atoms with E-state index in [1.807, 2.05) is 0 Å². The number of carboxylic acid groups (broad SMARTS) is 1. The molecule has 0 aliphatic heterocycles. The van der Waals surface area contributed by atoms with Crippen molar-refractivity contribution in [3.8, 4) is 11.8 Å². The summed E-state index contributed by atoms with van der Waals surface area (Å²) in [5, 5.41) is 30.0. The van der Waals surface area contributed by atoms with E-state index in [1.54, 1.807) is 36.4 Å². The zero-order valence-corrected chi connectivity index (χ0v) is 15.1. The van der Waals surface area contributed by atoms with Crippen molar-refractivity contribution in [1.82, 2.24) is 0 Å². The summed E-state index contributed by atoms with van der Waals surface area (Å²) in [6, 6.07) is 8.34. The lowest BCUT2D eigenvalue weighted by atomic mass is 10.1. The van der Waals surface area contributed by atoms with Gasteiger partial charge in [-0.3, -0.25) is 9.59 Å². The van der Waals surface area contributed by atoms with E-state index < -0.39 is 11.9 Å². The predicted octanol–water partition coefficient (Wildman–Crippen LogP) is 3.95. The molecule has 1 amide bonds. The number of carbonyl (C=O) groups is 2. The van der Waals surface area contributed by atoms with E-state index in [0.29, 0.717) is 30.9 Å². The van der Waals surface area contributed by atoms with E-state index in [-0.39, 0.29) is 24.2 Å². The van der Waals surface area contributed by atoms with E-state index in [2.05, 4.69) is 11.9 Å². The number of carbonyl (C=O) groups excluding carboxylic acids is 1. The van der Waals surface area contributed by atoms with Gasteiger partial charge in [0, 0.05) is 18.5 Å². The van der Waals surface area contributed by atoms with Gasteiger partial charge in [-0.2, -0.15) is 5.26 Å². The highest BCUT2D eigenvalue weighted by atomic mass is 16.5. The molecule has 1 rings (SSSR count). The average Bonchev–Trinajstić information content (AvgIpc) is 2.64. The Kier molecular flexibility index (Phi) is 9.79. The number of nitriles is 1. The lowest BCUT2D eigenvalue weighted by Crippen LogP contribution is -2.15. The number of allylic oxidation sites excluding steroid dienone is 2. The fraction of sp³-hybridized carbons (Fsp3) is 0.350. The van der Waals surface area contributed by atoms with Crippen molar-refractivity contribution >= 4 is 17.6 Å². The third-order valence-corrected chi connectivity index (χ3v) is 3.63. The number of benzene rings is 1. The Morgan fingerprint density at radius 3 is 2.44 bits per heavy atom. The van der Waals surface area contributed by atoms with Crippen LogP contribution in [0.2, 0.25) is 0 Å². The molecule has 3 N–H and O–H groups in total. The number of anilines is 1. The Bertz CT molecular complexity index is 717. The maximum absolute atomic E-state index is 12.1. The van der Waals surface area contributed by atoms with E-state index >= 15 is 0 Å². The molecule has 0 unspecified atom stereocenters. The van der Waals surface area contributed by atoms with Crippen molar-refractivity contribution < 1.29 is 24.5 Å². The summed E-state index contributed by atoms with van der Waals surface area (Å²) < 4.78 is 5.55. The van der Waals surface area contributed by atoms with Crippen LogP contribution >= 0.6 is 0 Å². The van der Waals surface area contributed by atoms with Crippen molar-refractivity contribution in [1.29, 1.82) is 5.26 Å². The molecule has 0 spiro atoms. The van der Waals surface area contributed by atoms with Gasteiger partial charge in [-0.1, -0.05) is 6.08 Å². The van der Waals surface area contributed by atoms with E-state index in [0.717, 1.165) is 12.8 Å². The number of hydrogen-bond donors (Lipinski definition) is 3. The normalized spacial score (nSPS) is 11.1. The van der Waals surface area contributed by atoms with E-state index in [9.17, 15) is 14.7 Å². The molecule has 0 atom stereocenters. The highest BCUT2D eigenvalue weighted by molar-refractivity contribution is 6.06. The van der Waals surface area contributed by atoms with Gasteiger partial charge >= 0.3 is 5.97 Å². The second kappa shape index (κ2) is 12.1. The third kappa shape index (κ3) is 8.59. The lowest BCUT2D eigenvalue weighted by Gasteiger charge is -2.09. The average molecular weight is 372 g/mol. The van der Waals surface area contributed by atoms with E-state index in [1.165, 1.54) is 0 Å². The van der Waals surface area contributed by atoms with Gasteiger partial charge in [0.05, 0.1) is 6.61 Å². The van der Waals surface area contributed by atoms with Crippen LogP contribution in [-0.2, 0) is 9.59 Å².